The van der Waals surface area contributed by atoms with Crippen molar-refractivity contribution in [3.05, 3.63) is 0 Å². The third-order valence-electron chi connectivity index (χ3n) is 2.55. The summed E-state index contributed by atoms with van der Waals surface area (Å²) < 4.78 is 47.4. The Labute approximate surface area is 144 Å². The van der Waals surface area contributed by atoms with Crippen LogP contribution in [0.2, 0.25) is 0 Å². The first-order valence-corrected chi connectivity index (χ1v) is 11.3. The first-order valence-electron chi connectivity index (χ1n) is 6.58. The monoisotopic (exact) mass is 434 g/mol. The van der Waals surface area contributed by atoms with Gasteiger partial charge in [0.05, 0.1) is 12.4 Å². The molecule has 0 aromatic heterocycles. The summed E-state index contributed by atoms with van der Waals surface area (Å²) >= 11 is 0. The highest BCUT2D eigenvalue weighted by atomic mass is 32.2. The standard InChI is InChI=1S/C8H18N2O4S.2H3O4P/c11-7-5-9-1-3-10(4-2-9)6-8-15(12,13)14;2*1-5(2,3)4/h11H,1-8H2,(H,12,13,14);2*(H3,1,2,3,4). The van der Waals surface area contributed by atoms with Gasteiger partial charge in [-0.05, 0) is 0 Å². The van der Waals surface area contributed by atoms with Crippen molar-refractivity contribution in [3.63, 3.8) is 0 Å². The normalized spacial score (nSPS) is 17.1. The van der Waals surface area contributed by atoms with Gasteiger partial charge in [0.15, 0.2) is 0 Å². The topological polar surface area (TPSA) is 237 Å². The number of aliphatic hydroxyl groups is 1. The van der Waals surface area contributed by atoms with Crippen LogP contribution in [0.1, 0.15) is 0 Å². The van der Waals surface area contributed by atoms with Crippen LogP contribution in [0.15, 0.2) is 0 Å². The zero-order valence-corrected chi connectivity index (χ0v) is 15.7. The smallest absolute Gasteiger partial charge is 0.395 e. The van der Waals surface area contributed by atoms with Gasteiger partial charge in [0.25, 0.3) is 10.1 Å². The summed E-state index contributed by atoms with van der Waals surface area (Å²) in [4.78, 5) is 47.3. The summed E-state index contributed by atoms with van der Waals surface area (Å²) in [5.41, 5.74) is 0. The molecule has 0 amide bonds. The lowest BCUT2D eigenvalue weighted by Gasteiger charge is -2.33. The minimum atomic E-state index is -4.64. The van der Waals surface area contributed by atoms with Crippen LogP contribution >= 0.6 is 15.6 Å². The van der Waals surface area contributed by atoms with Crippen molar-refractivity contribution in [3.8, 4) is 0 Å². The van der Waals surface area contributed by atoms with E-state index in [0.29, 0.717) is 13.1 Å². The maximum absolute atomic E-state index is 10.5. The molecule has 1 heterocycles. The zero-order chi connectivity index (χ0) is 20.3. The fraction of sp³-hybridized carbons (Fsp3) is 1.00. The van der Waals surface area contributed by atoms with Crippen molar-refractivity contribution < 1.29 is 56.6 Å². The van der Waals surface area contributed by atoms with Gasteiger partial charge in [-0.3, -0.25) is 14.4 Å². The Morgan fingerprint density at radius 3 is 1.28 bits per heavy atom. The maximum atomic E-state index is 10.5. The van der Waals surface area contributed by atoms with Crippen LogP contribution in [0.5, 0.6) is 0 Å². The Bertz CT molecular complexity index is 501. The number of nitrogens with zero attached hydrogens (tertiary/aromatic N) is 2. The van der Waals surface area contributed by atoms with Crippen LogP contribution < -0.4 is 0 Å². The quantitative estimate of drug-likeness (QED) is 0.156. The fourth-order valence-electron chi connectivity index (χ4n) is 1.62. The van der Waals surface area contributed by atoms with E-state index in [0.717, 1.165) is 26.2 Å². The third kappa shape index (κ3) is 32.2. The van der Waals surface area contributed by atoms with Crippen LogP contribution in [0.25, 0.3) is 0 Å². The molecule has 17 heteroatoms. The molecule has 1 aliphatic heterocycles. The van der Waals surface area contributed by atoms with Gasteiger partial charge in [-0.25, -0.2) is 9.13 Å². The number of phosphoric acid groups is 2. The Balaban J connectivity index is 0. The largest absolute Gasteiger partial charge is 0.466 e. The summed E-state index contributed by atoms with van der Waals surface area (Å²) in [6.07, 6.45) is 0. The SMILES string of the molecule is O=P(O)(O)O.O=P(O)(O)O.O=S(=O)(O)CCN1CCN(CCO)CC1. The molecule has 0 atom stereocenters. The Morgan fingerprint density at radius 1 is 0.760 bits per heavy atom. The van der Waals surface area contributed by atoms with Gasteiger partial charge in [0.1, 0.15) is 0 Å². The highest BCUT2D eigenvalue weighted by Crippen LogP contribution is 2.26. The Kier molecular flexibility index (Phi) is 13.5. The van der Waals surface area contributed by atoms with Crippen LogP contribution in [0, 0.1) is 0 Å². The summed E-state index contributed by atoms with van der Waals surface area (Å²) in [5.74, 6) is -0.201. The Morgan fingerprint density at radius 2 is 1.04 bits per heavy atom. The molecule has 14 nitrogen and oxygen atoms in total. The van der Waals surface area contributed by atoms with Gasteiger partial charge in [-0.2, -0.15) is 8.42 Å². The first-order chi connectivity index (χ1) is 11.0. The zero-order valence-electron chi connectivity index (χ0n) is 13.1. The van der Waals surface area contributed by atoms with Crippen molar-refractivity contribution in [2.24, 2.45) is 0 Å². The lowest BCUT2D eigenvalue weighted by molar-refractivity contribution is 0.116. The van der Waals surface area contributed by atoms with E-state index >= 15 is 0 Å². The molecule has 0 saturated carbocycles. The summed E-state index contributed by atoms with van der Waals surface area (Å²) in [5, 5.41) is 8.73. The van der Waals surface area contributed by atoms with Gasteiger partial charge in [0.2, 0.25) is 0 Å². The van der Waals surface area contributed by atoms with Gasteiger partial charge < -0.3 is 34.5 Å². The van der Waals surface area contributed by atoms with E-state index in [1.807, 2.05) is 4.90 Å². The highest BCUT2D eigenvalue weighted by molar-refractivity contribution is 7.85. The summed E-state index contributed by atoms with van der Waals surface area (Å²) in [6.45, 7) is 4.46. The minimum absolute atomic E-state index is 0.158. The molecule has 1 fully saturated rings. The first kappa shape index (κ1) is 27.2. The molecule has 0 bridgehead atoms. The lowest BCUT2D eigenvalue weighted by Crippen LogP contribution is -2.48. The third-order valence-corrected chi connectivity index (χ3v) is 3.25. The van der Waals surface area contributed by atoms with Crippen LogP contribution in [0.3, 0.4) is 0 Å². The minimum Gasteiger partial charge on any atom is -0.395 e. The van der Waals surface area contributed by atoms with Crippen LogP contribution in [0.4, 0.5) is 0 Å². The number of hydrogen-bond acceptors (Lipinski definition) is 7. The molecule has 0 aromatic carbocycles. The molecule has 0 aromatic rings. The highest BCUT2D eigenvalue weighted by Gasteiger charge is 2.17. The fourth-order valence-corrected chi connectivity index (χ4v) is 2.11. The van der Waals surface area contributed by atoms with E-state index in [4.69, 9.17) is 48.1 Å². The molecule has 8 N–H and O–H groups in total. The number of piperazine rings is 1. The molecule has 1 aliphatic rings. The molecule has 0 aliphatic carbocycles. The second-order valence-corrected chi connectivity index (χ2v) is 8.34. The maximum Gasteiger partial charge on any atom is 0.466 e. The molecular formula is C8H24N2O12P2S. The average Bonchev–Trinajstić information content (AvgIpc) is 2.33. The number of rotatable bonds is 5. The summed E-state index contributed by atoms with van der Waals surface area (Å²) in [7, 11) is -13.1. The Hall–Kier alpha value is 0.01000. The number of hydrogen-bond donors (Lipinski definition) is 8. The molecule has 0 spiro atoms. The molecule has 154 valence electrons. The van der Waals surface area contributed by atoms with E-state index < -0.39 is 25.8 Å². The van der Waals surface area contributed by atoms with Crippen molar-refractivity contribution in [1.82, 2.24) is 9.80 Å². The van der Waals surface area contributed by atoms with E-state index in [1.54, 1.807) is 0 Å². The van der Waals surface area contributed by atoms with Gasteiger partial charge >= 0.3 is 15.6 Å². The van der Waals surface area contributed by atoms with Gasteiger partial charge in [-0.15, -0.1) is 0 Å². The molecule has 0 unspecified atom stereocenters. The van der Waals surface area contributed by atoms with Crippen molar-refractivity contribution >= 4 is 25.8 Å². The van der Waals surface area contributed by atoms with E-state index in [-0.39, 0.29) is 12.4 Å². The molecule has 25 heavy (non-hydrogen) atoms. The van der Waals surface area contributed by atoms with Gasteiger partial charge in [-0.1, -0.05) is 0 Å². The predicted octanol–water partition coefficient (Wildman–Crippen LogP) is -3.37. The van der Waals surface area contributed by atoms with Crippen LogP contribution in [-0.4, -0.2) is 109 Å². The van der Waals surface area contributed by atoms with Crippen molar-refractivity contribution in [2.45, 2.75) is 0 Å². The van der Waals surface area contributed by atoms with Crippen molar-refractivity contribution in [2.75, 3.05) is 51.6 Å². The predicted molar refractivity (Wildman–Crippen MR) is 84.9 cm³/mol. The average molecular weight is 434 g/mol. The van der Waals surface area contributed by atoms with E-state index in [1.165, 1.54) is 0 Å². The van der Waals surface area contributed by atoms with Gasteiger partial charge in [0, 0.05) is 39.3 Å². The number of β-amino-alcohol motifs (C(OH)–C–C–N with tert-alkyl or cyclic N) is 1. The van der Waals surface area contributed by atoms with E-state index in [2.05, 4.69) is 4.90 Å². The number of aliphatic hydroxyl groups excluding tert-OH is 1. The molecule has 0 radical (unpaired) electrons. The second-order valence-electron chi connectivity index (χ2n) is 4.72. The second kappa shape index (κ2) is 12.4. The molecular weight excluding hydrogens is 410 g/mol. The molecule has 1 saturated heterocycles. The van der Waals surface area contributed by atoms with E-state index in [9.17, 15) is 8.42 Å². The lowest BCUT2D eigenvalue weighted by atomic mass is 10.3. The molecule has 1 rings (SSSR count). The summed E-state index contributed by atoms with van der Waals surface area (Å²) in [6, 6.07) is 0. The van der Waals surface area contributed by atoms with Crippen LogP contribution in [-0.2, 0) is 19.2 Å². The van der Waals surface area contributed by atoms with Crippen molar-refractivity contribution in [1.29, 1.82) is 0 Å².